The van der Waals surface area contributed by atoms with E-state index in [9.17, 15) is 14.7 Å². The summed E-state index contributed by atoms with van der Waals surface area (Å²) < 4.78 is 0. The van der Waals surface area contributed by atoms with E-state index >= 15 is 0 Å². The maximum absolute atomic E-state index is 12.4. The number of carboxylic acids is 1. The van der Waals surface area contributed by atoms with E-state index in [-0.39, 0.29) is 11.3 Å². The van der Waals surface area contributed by atoms with Crippen LogP contribution in [0.1, 0.15) is 40.0 Å². The van der Waals surface area contributed by atoms with E-state index in [1.165, 1.54) is 16.7 Å². The molecule has 0 bridgehead atoms. The minimum absolute atomic E-state index is 0.0574. The van der Waals surface area contributed by atoms with Gasteiger partial charge in [0, 0.05) is 5.75 Å². The molecule has 6 heteroatoms. The summed E-state index contributed by atoms with van der Waals surface area (Å²) in [6.07, 6.45) is 2.22. The molecule has 1 aliphatic heterocycles. The quantitative estimate of drug-likeness (QED) is 0.788. The van der Waals surface area contributed by atoms with Gasteiger partial charge < -0.3 is 15.7 Å². The summed E-state index contributed by atoms with van der Waals surface area (Å²) in [5.41, 5.74) is 4.99. The second kappa shape index (κ2) is 5.93. The van der Waals surface area contributed by atoms with Crippen molar-refractivity contribution in [1.82, 2.24) is 4.90 Å². The Morgan fingerprint density at radius 2 is 2.11 bits per heavy atom. The molecule has 3 N–H and O–H groups in total. The van der Waals surface area contributed by atoms with Gasteiger partial charge in [0.1, 0.15) is 6.04 Å². The molecule has 1 aliphatic rings. The average molecular weight is 274 g/mol. The lowest BCUT2D eigenvalue weighted by atomic mass is 9.97. The minimum Gasteiger partial charge on any atom is -0.480 e. The first-order valence-electron chi connectivity index (χ1n) is 6.31. The molecule has 0 spiro atoms. The topological polar surface area (TPSA) is 83.6 Å². The zero-order valence-electron chi connectivity index (χ0n) is 11.2. The van der Waals surface area contributed by atoms with Gasteiger partial charge in [-0.3, -0.25) is 4.79 Å². The highest BCUT2D eigenvalue weighted by Crippen LogP contribution is 2.34. The number of nitrogens with two attached hydrogens (primary N) is 1. The normalized spacial score (nSPS) is 27.0. The van der Waals surface area contributed by atoms with Gasteiger partial charge in [0.05, 0.1) is 10.9 Å². The van der Waals surface area contributed by atoms with Gasteiger partial charge in [-0.15, -0.1) is 11.8 Å². The van der Waals surface area contributed by atoms with Gasteiger partial charge in [-0.25, -0.2) is 4.79 Å². The van der Waals surface area contributed by atoms with Crippen molar-refractivity contribution in [1.29, 1.82) is 0 Å². The predicted octanol–water partition coefficient (Wildman–Crippen LogP) is 1.27. The van der Waals surface area contributed by atoms with Crippen LogP contribution in [0, 0.1) is 0 Å². The van der Waals surface area contributed by atoms with Crippen LogP contribution in [-0.2, 0) is 9.59 Å². The van der Waals surface area contributed by atoms with Crippen LogP contribution in [-0.4, -0.2) is 44.6 Å². The van der Waals surface area contributed by atoms with Gasteiger partial charge in [-0.05, 0) is 19.8 Å². The molecule has 0 aromatic heterocycles. The number of hydrogen-bond acceptors (Lipinski definition) is 4. The third-order valence-corrected chi connectivity index (χ3v) is 4.73. The zero-order chi connectivity index (χ0) is 13.9. The van der Waals surface area contributed by atoms with Gasteiger partial charge in [0.2, 0.25) is 5.91 Å². The van der Waals surface area contributed by atoms with Crippen molar-refractivity contribution in [3.63, 3.8) is 0 Å². The molecule has 1 rings (SSSR count). The molecule has 0 aromatic rings. The van der Waals surface area contributed by atoms with Crippen molar-refractivity contribution in [3.05, 3.63) is 0 Å². The molecule has 3 unspecified atom stereocenters. The lowest BCUT2D eigenvalue weighted by molar-refractivity contribution is -0.151. The van der Waals surface area contributed by atoms with Crippen LogP contribution in [0.2, 0.25) is 0 Å². The second-order valence-electron chi connectivity index (χ2n) is 4.91. The summed E-state index contributed by atoms with van der Waals surface area (Å²) in [6.45, 7) is 5.53. The maximum atomic E-state index is 12.4. The molecule has 18 heavy (non-hydrogen) atoms. The Kier molecular flexibility index (Phi) is 5.04. The molecule has 1 heterocycles. The summed E-state index contributed by atoms with van der Waals surface area (Å²) in [7, 11) is 0. The van der Waals surface area contributed by atoms with E-state index in [2.05, 4.69) is 0 Å². The van der Waals surface area contributed by atoms with Crippen molar-refractivity contribution in [2.45, 2.75) is 57.0 Å². The molecule has 1 amide bonds. The van der Waals surface area contributed by atoms with Gasteiger partial charge in [-0.1, -0.05) is 20.3 Å². The molecule has 1 fully saturated rings. The first kappa shape index (κ1) is 15.3. The molecule has 5 nitrogen and oxygen atoms in total. The Morgan fingerprint density at radius 1 is 1.50 bits per heavy atom. The summed E-state index contributed by atoms with van der Waals surface area (Å²) in [4.78, 5) is 25.1. The Morgan fingerprint density at radius 3 is 2.56 bits per heavy atom. The Balaban J connectivity index is 2.96. The number of nitrogens with zero attached hydrogens (tertiary/aromatic N) is 1. The van der Waals surface area contributed by atoms with Crippen molar-refractivity contribution in [2.75, 3.05) is 5.75 Å². The van der Waals surface area contributed by atoms with Crippen LogP contribution < -0.4 is 5.73 Å². The SMILES string of the molecule is CCCC1SCC(C(=O)O)N1C(=O)C(C)(N)CC. The van der Waals surface area contributed by atoms with E-state index in [0.717, 1.165) is 12.8 Å². The molecular weight excluding hydrogens is 252 g/mol. The summed E-state index contributed by atoms with van der Waals surface area (Å²) in [5, 5.41) is 9.15. The highest BCUT2D eigenvalue weighted by molar-refractivity contribution is 8.00. The molecule has 0 radical (unpaired) electrons. The average Bonchev–Trinajstić information content (AvgIpc) is 2.72. The molecular formula is C12H22N2O3S. The number of carbonyl (C=O) groups excluding carboxylic acids is 1. The highest BCUT2D eigenvalue weighted by atomic mass is 32.2. The lowest BCUT2D eigenvalue weighted by Crippen LogP contribution is -2.57. The van der Waals surface area contributed by atoms with Gasteiger partial charge in [-0.2, -0.15) is 0 Å². The molecule has 104 valence electrons. The first-order chi connectivity index (χ1) is 8.35. The number of amides is 1. The fourth-order valence-corrected chi connectivity index (χ4v) is 3.45. The Hall–Kier alpha value is -0.750. The van der Waals surface area contributed by atoms with E-state index < -0.39 is 17.6 Å². The number of aliphatic carboxylic acids is 1. The molecule has 0 saturated carbocycles. The molecule has 3 atom stereocenters. The maximum Gasteiger partial charge on any atom is 0.327 e. The summed E-state index contributed by atoms with van der Waals surface area (Å²) in [5.74, 6) is -0.742. The Labute approximate surface area is 112 Å². The lowest BCUT2D eigenvalue weighted by Gasteiger charge is -2.34. The number of thioether (sulfide) groups is 1. The Bertz CT molecular complexity index is 333. The van der Waals surface area contributed by atoms with E-state index in [1.54, 1.807) is 6.92 Å². The fraction of sp³-hybridized carbons (Fsp3) is 0.833. The summed E-state index contributed by atoms with van der Waals surface area (Å²) >= 11 is 1.54. The van der Waals surface area contributed by atoms with Crippen LogP contribution in [0.4, 0.5) is 0 Å². The fourth-order valence-electron chi connectivity index (χ4n) is 1.94. The van der Waals surface area contributed by atoms with Crippen molar-refractivity contribution >= 4 is 23.6 Å². The number of carbonyl (C=O) groups is 2. The van der Waals surface area contributed by atoms with Gasteiger partial charge in [0.25, 0.3) is 0 Å². The number of hydrogen-bond donors (Lipinski definition) is 2. The van der Waals surface area contributed by atoms with Crippen LogP contribution in [0.15, 0.2) is 0 Å². The van der Waals surface area contributed by atoms with Gasteiger partial charge in [0.15, 0.2) is 0 Å². The van der Waals surface area contributed by atoms with E-state index in [0.29, 0.717) is 12.2 Å². The summed E-state index contributed by atoms with van der Waals surface area (Å²) in [6, 6.07) is -0.742. The smallest absolute Gasteiger partial charge is 0.327 e. The highest BCUT2D eigenvalue weighted by Gasteiger charge is 2.45. The standard InChI is InChI=1S/C12H22N2O3S/c1-4-6-9-14(8(7-18-9)10(15)16)11(17)12(3,13)5-2/h8-9H,4-7,13H2,1-3H3,(H,15,16). The largest absolute Gasteiger partial charge is 0.480 e. The minimum atomic E-state index is -0.982. The first-order valence-corrected chi connectivity index (χ1v) is 7.36. The molecule has 0 aromatic carbocycles. The number of rotatable bonds is 5. The van der Waals surface area contributed by atoms with Crippen LogP contribution >= 0.6 is 11.8 Å². The van der Waals surface area contributed by atoms with E-state index in [4.69, 9.17) is 5.73 Å². The molecule has 1 saturated heterocycles. The third-order valence-electron chi connectivity index (χ3n) is 3.37. The predicted molar refractivity (Wildman–Crippen MR) is 72.3 cm³/mol. The van der Waals surface area contributed by atoms with Crippen LogP contribution in [0.5, 0.6) is 0 Å². The zero-order valence-corrected chi connectivity index (χ0v) is 12.0. The van der Waals surface area contributed by atoms with Crippen molar-refractivity contribution in [2.24, 2.45) is 5.73 Å². The monoisotopic (exact) mass is 274 g/mol. The number of carboxylic acid groups (broad SMARTS) is 1. The third kappa shape index (κ3) is 2.98. The van der Waals surface area contributed by atoms with Crippen molar-refractivity contribution < 1.29 is 14.7 Å². The van der Waals surface area contributed by atoms with Crippen molar-refractivity contribution in [3.8, 4) is 0 Å². The van der Waals surface area contributed by atoms with E-state index in [1.807, 2.05) is 13.8 Å². The second-order valence-corrected chi connectivity index (χ2v) is 6.12. The van der Waals surface area contributed by atoms with Crippen LogP contribution in [0.25, 0.3) is 0 Å². The van der Waals surface area contributed by atoms with Crippen LogP contribution in [0.3, 0.4) is 0 Å². The molecule has 0 aliphatic carbocycles. The van der Waals surface area contributed by atoms with Gasteiger partial charge >= 0.3 is 5.97 Å².